The Morgan fingerprint density at radius 2 is 2.12 bits per heavy atom. The molecule has 0 radical (unpaired) electrons. The molecular formula is C10H13BrN2O3S. The highest BCUT2D eigenvalue weighted by molar-refractivity contribution is 9.10. The lowest BCUT2D eigenvalue weighted by atomic mass is 10.1. The maximum atomic E-state index is 11.7. The predicted molar refractivity (Wildman–Crippen MR) is 69.2 cm³/mol. The van der Waals surface area contributed by atoms with Gasteiger partial charge in [-0.2, -0.15) is 0 Å². The number of carbonyl (C=O) groups is 1. The van der Waals surface area contributed by atoms with Crippen LogP contribution in [0.1, 0.15) is 15.9 Å². The van der Waals surface area contributed by atoms with Crippen LogP contribution in [0, 0.1) is 6.92 Å². The van der Waals surface area contributed by atoms with Gasteiger partial charge in [-0.15, -0.1) is 0 Å². The molecule has 0 aliphatic carbocycles. The summed E-state index contributed by atoms with van der Waals surface area (Å²) in [5, 5.41) is 7.33. The van der Waals surface area contributed by atoms with Crippen LogP contribution < -0.4 is 10.5 Å². The molecule has 5 nitrogen and oxygen atoms in total. The van der Waals surface area contributed by atoms with Crippen LogP contribution in [0.3, 0.4) is 0 Å². The highest BCUT2D eigenvalue weighted by Gasteiger charge is 2.10. The molecule has 94 valence electrons. The van der Waals surface area contributed by atoms with Gasteiger partial charge in [0.2, 0.25) is 10.0 Å². The molecule has 1 amide bonds. The lowest BCUT2D eigenvalue weighted by molar-refractivity contribution is 0.0955. The first-order valence-corrected chi connectivity index (χ1v) is 7.35. The summed E-state index contributed by atoms with van der Waals surface area (Å²) in [5.41, 5.74) is 1.33. The molecule has 7 heteroatoms. The standard InChI is InChI=1S/C10H13BrN2O3S/c1-7-2-3-8(11)6-9(7)10(14)13-4-5-17(12,15)16/h2-3,6H,4-5H2,1H3,(H,13,14)(H2,12,15,16). The van der Waals surface area contributed by atoms with Crippen molar-refractivity contribution in [3.63, 3.8) is 0 Å². The Labute approximate surface area is 109 Å². The van der Waals surface area contributed by atoms with Crippen molar-refractivity contribution in [3.05, 3.63) is 33.8 Å². The van der Waals surface area contributed by atoms with Gasteiger partial charge >= 0.3 is 0 Å². The third-order valence-electron chi connectivity index (χ3n) is 2.12. The number of primary sulfonamides is 1. The van der Waals surface area contributed by atoms with Crippen LogP contribution in [-0.2, 0) is 10.0 Å². The van der Waals surface area contributed by atoms with E-state index in [0.717, 1.165) is 10.0 Å². The Morgan fingerprint density at radius 1 is 1.47 bits per heavy atom. The average Bonchev–Trinajstić information content (AvgIpc) is 2.19. The second-order valence-electron chi connectivity index (χ2n) is 3.58. The van der Waals surface area contributed by atoms with Crippen molar-refractivity contribution in [2.24, 2.45) is 5.14 Å². The van der Waals surface area contributed by atoms with Crippen molar-refractivity contribution in [1.82, 2.24) is 5.32 Å². The number of benzene rings is 1. The quantitative estimate of drug-likeness (QED) is 0.859. The summed E-state index contributed by atoms with van der Waals surface area (Å²) in [4.78, 5) is 11.7. The summed E-state index contributed by atoms with van der Waals surface area (Å²) in [6, 6.07) is 5.32. The summed E-state index contributed by atoms with van der Waals surface area (Å²) >= 11 is 3.27. The number of aryl methyl sites for hydroxylation is 1. The van der Waals surface area contributed by atoms with E-state index in [1.807, 2.05) is 6.07 Å². The first-order valence-electron chi connectivity index (χ1n) is 4.84. The molecule has 1 rings (SSSR count). The van der Waals surface area contributed by atoms with Gasteiger partial charge in [0.05, 0.1) is 5.75 Å². The summed E-state index contributed by atoms with van der Waals surface area (Å²) in [6.07, 6.45) is 0. The van der Waals surface area contributed by atoms with Gasteiger partial charge in [-0.25, -0.2) is 13.6 Å². The second kappa shape index (κ2) is 5.61. The maximum absolute atomic E-state index is 11.7. The van der Waals surface area contributed by atoms with E-state index >= 15 is 0 Å². The molecule has 0 fully saturated rings. The van der Waals surface area contributed by atoms with E-state index in [1.165, 1.54) is 0 Å². The lowest BCUT2D eigenvalue weighted by Crippen LogP contribution is -2.31. The van der Waals surface area contributed by atoms with Crippen molar-refractivity contribution < 1.29 is 13.2 Å². The number of hydrogen-bond donors (Lipinski definition) is 2. The summed E-state index contributed by atoms with van der Waals surface area (Å²) in [6.45, 7) is 1.81. The van der Waals surface area contributed by atoms with Crippen LogP contribution in [0.25, 0.3) is 0 Å². The van der Waals surface area contributed by atoms with E-state index in [0.29, 0.717) is 5.56 Å². The number of sulfonamides is 1. The first-order chi connectivity index (χ1) is 7.79. The third kappa shape index (κ3) is 4.84. The molecule has 0 saturated heterocycles. The van der Waals surface area contributed by atoms with Gasteiger partial charge in [0, 0.05) is 16.6 Å². The Morgan fingerprint density at radius 3 is 2.71 bits per heavy atom. The molecule has 0 saturated carbocycles. The predicted octanol–water partition coefficient (Wildman–Crippen LogP) is 0.776. The molecule has 1 aromatic carbocycles. The van der Waals surface area contributed by atoms with Gasteiger partial charge in [-0.05, 0) is 24.6 Å². The van der Waals surface area contributed by atoms with Crippen LogP contribution >= 0.6 is 15.9 Å². The molecule has 17 heavy (non-hydrogen) atoms. The van der Waals surface area contributed by atoms with E-state index in [4.69, 9.17) is 5.14 Å². The van der Waals surface area contributed by atoms with E-state index in [-0.39, 0.29) is 18.2 Å². The minimum atomic E-state index is -3.54. The van der Waals surface area contributed by atoms with E-state index in [2.05, 4.69) is 21.2 Å². The monoisotopic (exact) mass is 320 g/mol. The number of amides is 1. The van der Waals surface area contributed by atoms with Crippen molar-refractivity contribution in [2.75, 3.05) is 12.3 Å². The van der Waals surface area contributed by atoms with Gasteiger partial charge in [-0.3, -0.25) is 4.79 Å². The minimum Gasteiger partial charge on any atom is -0.351 e. The van der Waals surface area contributed by atoms with Crippen molar-refractivity contribution in [3.8, 4) is 0 Å². The molecule has 0 heterocycles. The summed E-state index contributed by atoms with van der Waals surface area (Å²) < 4.78 is 22.2. The van der Waals surface area contributed by atoms with Crippen LogP contribution in [0.15, 0.2) is 22.7 Å². The molecule has 0 unspecified atom stereocenters. The van der Waals surface area contributed by atoms with E-state index in [1.54, 1.807) is 19.1 Å². The number of rotatable bonds is 4. The molecule has 0 atom stereocenters. The zero-order valence-electron chi connectivity index (χ0n) is 9.23. The van der Waals surface area contributed by atoms with Crippen molar-refractivity contribution in [2.45, 2.75) is 6.92 Å². The molecule has 3 N–H and O–H groups in total. The first kappa shape index (κ1) is 14.1. The normalized spacial score (nSPS) is 11.2. The maximum Gasteiger partial charge on any atom is 0.251 e. The molecule has 1 aromatic rings. The molecule has 0 aliphatic heterocycles. The highest BCUT2D eigenvalue weighted by atomic mass is 79.9. The highest BCUT2D eigenvalue weighted by Crippen LogP contribution is 2.15. The van der Waals surface area contributed by atoms with E-state index in [9.17, 15) is 13.2 Å². The number of nitrogens with one attached hydrogen (secondary N) is 1. The van der Waals surface area contributed by atoms with Crippen LogP contribution in [0.4, 0.5) is 0 Å². The SMILES string of the molecule is Cc1ccc(Br)cc1C(=O)NCCS(N)(=O)=O. The second-order valence-corrected chi connectivity index (χ2v) is 6.23. The lowest BCUT2D eigenvalue weighted by Gasteiger charge is -2.07. The van der Waals surface area contributed by atoms with Crippen LogP contribution in [0.5, 0.6) is 0 Å². The van der Waals surface area contributed by atoms with E-state index < -0.39 is 10.0 Å². The fraction of sp³-hybridized carbons (Fsp3) is 0.300. The molecule has 0 spiro atoms. The topological polar surface area (TPSA) is 89.3 Å². The van der Waals surface area contributed by atoms with Gasteiger partial charge in [0.25, 0.3) is 5.91 Å². The number of hydrogen-bond acceptors (Lipinski definition) is 3. The van der Waals surface area contributed by atoms with Crippen LogP contribution in [0.2, 0.25) is 0 Å². The Bertz CT molecular complexity index is 528. The van der Waals surface area contributed by atoms with Gasteiger partial charge in [0.15, 0.2) is 0 Å². The molecular weight excluding hydrogens is 308 g/mol. The number of halogens is 1. The molecule has 0 bridgehead atoms. The van der Waals surface area contributed by atoms with Crippen LogP contribution in [-0.4, -0.2) is 26.6 Å². The minimum absolute atomic E-state index is 0.00359. The fourth-order valence-corrected chi connectivity index (χ4v) is 1.99. The Balaban J connectivity index is 2.67. The van der Waals surface area contributed by atoms with Crippen molar-refractivity contribution >= 4 is 31.9 Å². The smallest absolute Gasteiger partial charge is 0.251 e. The van der Waals surface area contributed by atoms with Gasteiger partial charge in [0.1, 0.15) is 0 Å². The largest absolute Gasteiger partial charge is 0.351 e. The van der Waals surface area contributed by atoms with Gasteiger partial charge in [-0.1, -0.05) is 22.0 Å². The Kier molecular flexibility index (Phi) is 4.67. The number of nitrogens with two attached hydrogens (primary N) is 1. The van der Waals surface area contributed by atoms with Crippen molar-refractivity contribution in [1.29, 1.82) is 0 Å². The third-order valence-corrected chi connectivity index (χ3v) is 3.38. The molecule has 0 aromatic heterocycles. The Hall–Kier alpha value is -0.920. The average molecular weight is 321 g/mol. The fourth-order valence-electron chi connectivity index (χ4n) is 1.24. The van der Waals surface area contributed by atoms with Gasteiger partial charge < -0.3 is 5.32 Å². The summed E-state index contributed by atoms with van der Waals surface area (Å²) in [7, 11) is -3.54. The molecule has 0 aliphatic rings. The zero-order chi connectivity index (χ0) is 13.1. The zero-order valence-corrected chi connectivity index (χ0v) is 11.6. The number of carbonyl (C=O) groups excluding carboxylic acids is 1. The summed E-state index contributed by atoms with van der Waals surface area (Å²) in [5.74, 6) is -0.585.